The molecule has 0 spiro atoms. The summed E-state index contributed by atoms with van der Waals surface area (Å²) in [5.41, 5.74) is 1.68. The molecule has 2 rings (SSSR count). The molecule has 3 N–H and O–H groups in total. The summed E-state index contributed by atoms with van der Waals surface area (Å²) in [6.45, 7) is 7.14. The highest BCUT2D eigenvalue weighted by atomic mass is 16.5. The van der Waals surface area contributed by atoms with Gasteiger partial charge in [-0.2, -0.15) is 0 Å². The van der Waals surface area contributed by atoms with E-state index in [0.717, 1.165) is 29.8 Å². The van der Waals surface area contributed by atoms with Gasteiger partial charge in [0, 0.05) is 17.8 Å². The molecule has 0 unspecified atom stereocenters. The predicted molar refractivity (Wildman–Crippen MR) is 96.2 cm³/mol. The molecule has 1 aliphatic rings. The summed E-state index contributed by atoms with van der Waals surface area (Å²) in [4.78, 5) is 24.9. The molecule has 0 bridgehead atoms. The molecule has 1 saturated carbocycles. The Morgan fingerprint density at radius 3 is 2.60 bits per heavy atom. The van der Waals surface area contributed by atoms with Crippen LogP contribution in [-0.4, -0.2) is 53.8 Å². The average Bonchev–Trinajstić information content (AvgIpc) is 2.51. The van der Waals surface area contributed by atoms with E-state index in [9.17, 15) is 9.59 Å². The van der Waals surface area contributed by atoms with Gasteiger partial charge in [-0.05, 0) is 57.0 Å². The fourth-order valence-corrected chi connectivity index (χ4v) is 3.05. The number of carboxylic acid groups (broad SMARTS) is 1. The lowest BCUT2D eigenvalue weighted by Crippen LogP contribution is -2.55. The molecular formula is C18H27N3O4. The third-order valence-corrected chi connectivity index (χ3v) is 4.47. The lowest BCUT2D eigenvalue weighted by molar-refractivity contribution is -0.139. The van der Waals surface area contributed by atoms with E-state index >= 15 is 0 Å². The second-order valence-electron chi connectivity index (χ2n) is 6.29. The number of carbonyl (C=O) groups excluding carboxylic acids is 1. The van der Waals surface area contributed by atoms with Crippen molar-refractivity contribution in [3.63, 3.8) is 0 Å². The number of benzene rings is 1. The zero-order valence-electron chi connectivity index (χ0n) is 15.0. The van der Waals surface area contributed by atoms with Gasteiger partial charge in [-0.1, -0.05) is 6.92 Å². The Morgan fingerprint density at radius 2 is 2.04 bits per heavy atom. The van der Waals surface area contributed by atoms with Crippen molar-refractivity contribution in [3.8, 4) is 5.75 Å². The maximum Gasteiger partial charge on any atom is 0.319 e. The first kappa shape index (κ1) is 19.1. The van der Waals surface area contributed by atoms with E-state index in [2.05, 4.69) is 10.6 Å². The van der Waals surface area contributed by atoms with Crippen molar-refractivity contribution in [3.05, 3.63) is 23.8 Å². The van der Waals surface area contributed by atoms with Crippen LogP contribution >= 0.6 is 0 Å². The fraction of sp³-hybridized carbons (Fsp3) is 0.556. The van der Waals surface area contributed by atoms with Crippen molar-refractivity contribution in [2.45, 2.75) is 45.7 Å². The summed E-state index contributed by atoms with van der Waals surface area (Å²) < 4.78 is 5.44. The number of anilines is 1. The average molecular weight is 349 g/mol. The zero-order valence-corrected chi connectivity index (χ0v) is 15.0. The van der Waals surface area contributed by atoms with Crippen LogP contribution in [0, 0.1) is 6.92 Å². The van der Waals surface area contributed by atoms with Gasteiger partial charge in [0.25, 0.3) is 0 Å². The number of carboxylic acids is 1. The number of hydrogen-bond acceptors (Lipinski definition) is 4. The molecule has 2 amide bonds. The van der Waals surface area contributed by atoms with Crippen LogP contribution in [0.5, 0.6) is 5.75 Å². The Hall–Kier alpha value is -2.28. The molecule has 0 atom stereocenters. The monoisotopic (exact) mass is 349 g/mol. The second-order valence-corrected chi connectivity index (χ2v) is 6.29. The number of amides is 2. The highest BCUT2D eigenvalue weighted by molar-refractivity contribution is 5.90. The fourth-order valence-electron chi connectivity index (χ4n) is 3.05. The SMILES string of the molecule is CCOc1ccc(NC(=O)NC2CC(N(CC)CC(=O)O)C2)c(C)c1. The summed E-state index contributed by atoms with van der Waals surface area (Å²) in [5.74, 6) is -0.0344. The van der Waals surface area contributed by atoms with Crippen LogP contribution in [0.15, 0.2) is 18.2 Å². The normalized spacial score (nSPS) is 19.2. The molecule has 1 aliphatic carbocycles. The molecule has 1 aromatic carbocycles. The highest BCUT2D eigenvalue weighted by Crippen LogP contribution is 2.26. The Kier molecular flexibility index (Phi) is 6.64. The van der Waals surface area contributed by atoms with E-state index < -0.39 is 5.97 Å². The van der Waals surface area contributed by atoms with Crippen LogP contribution in [0.3, 0.4) is 0 Å². The van der Waals surface area contributed by atoms with Gasteiger partial charge in [0.1, 0.15) is 5.75 Å². The summed E-state index contributed by atoms with van der Waals surface area (Å²) in [6, 6.07) is 5.61. The quantitative estimate of drug-likeness (QED) is 0.671. The van der Waals surface area contributed by atoms with E-state index in [1.165, 1.54) is 0 Å². The Labute approximate surface area is 148 Å². The van der Waals surface area contributed by atoms with Gasteiger partial charge in [0.2, 0.25) is 0 Å². The molecule has 1 aromatic rings. The van der Waals surface area contributed by atoms with Crippen LogP contribution in [0.2, 0.25) is 0 Å². The molecule has 0 heterocycles. The molecule has 0 aromatic heterocycles. The van der Waals surface area contributed by atoms with Crippen molar-refractivity contribution in [2.24, 2.45) is 0 Å². The molecule has 7 heteroatoms. The number of hydrogen-bond donors (Lipinski definition) is 3. The Bertz CT molecular complexity index is 614. The summed E-state index contributed by atoms with van der Waals surface area (Å²) in [5, 5.41) is 14.7. The third kappa shape index (κ3) is 5.35. The lowest BCUT2D eigenvalue weighted by atomic mass is 9.85. The first-order valence-electron chi connectivity index (χ1n) is 8.69. The van der Waals surface area contributed by atoms with Crippen molar-refractivity contribution in [1.29, 1.82) is 0 Å². The number of carbonyl (C=O) groups is 2. The minimum atomic E-state index is -0.818. The van der Waals surface area contributed by atoms with Crippen LogP contribution in [-0.2, 0) is 4.79 Å². The molecule has 138 valence electrons. The molecular weight excluding hydrogens is 322 g/mol. The van der Waals surface area contributed by atoms with Gasteiger partial charge in [-0.3, -0.25) is 9.69 Å². The lowest BCUT2D eigenvalue weighted by Gasteiger charge is -2.42. The predicted octanol–water partition coefficient (Wildman–Crippen LogP) is 2.45. The maximum atomic E-state index is 12.1. The summed E-state index contributed by atoms with van der Waals surface area (Å²) in [7, 11) is 0. The minimum absolute atomic E-state index is 0.0471. The Morgan fingerprint density at radius 1 is 1.32 bits per heavy atom. The smallest absolute Gasteiger partial charge is 0.319 e. The van der Waals surface area contributed by atoms with Crippen LogP contribution in [0.25, 0.3) is 0 Å². The number of nitrogens with one attached hydrogen (secondary N) is 2. The Balaban J connectivity index is 1.79. The number of likely N-dealkylation sites (N-methyl/N-ethyl adjacent to an activating group) is 1. The number of aryl methyl sites for hydroxylation is 1. The topological polar surface area (TPSA) is 90.9 Å². The number of nitrogens with zero attached hydrogens (tertiary/aromatic N) is 1. The summed E-state index contributed by atoms with van der Waals surface area (Å²) >= 11 is 0. The van der Waals surface area contributed by atoms with Gasteiger partial charge in [-0.25, -0.2) is 4.79 Å². The van der Waals surface area contributed by atoms with Gasteiger partial charge < -0.3 is 20.5 Å². The number of urea groups is 1. The van der Waals surface area contributed by atoms with Gasteiger partial charge in [-0.15, -0.1) is 0 Å². The van der Waals surface area contributed by atoms with Gasteiger partial charge in [0.05, 0.1) is 13.2 Å². The van der Waals surface area contributed by atoms with Crippen LogP contribution in [0.4, 0.5) is 10.5 Å². The van der Waals surface area contributed by atoms with E-state index in [1.807, 2.05) is 43.9 Å². The first-order chi connectivity index (χ1) is 11.9. The molecule has 25 heavy (non-hydrogen) atoms. The zero-order chi connectivity index (χ0) is 18.4. The van der Waals surface area contributed by atoms with Crippen LogP contribution in [0.1, 0.15) is 32.3 Å². The largest absolute Gasteiger partial charge is 0.494 e. The van der Waals surface area contributed by atoms with Gasteiger partial charge in [0.15, 0.2) is 0 Å². The number of ether oxygens (including phenoxy) is 1. The van der Waals surface area contributed by atoms with Crippen molar-refractivity contribution >= 4 is 17.7 Å². The van der Waals surface area contributed by atoms with Crippen molar-refractivity contribution in [1.82, 2.24) is 10.2 Å². The highest BCUT2D eigenvalue weighted by Gasteiger charge is 2.34. The van der Waals surface area contributed by atoms with Crippen molar-refractivity contribution < 1.29 is 19.4 Å². The first-order valence-corrected chi connectivity index (χ1v) is 8.69. The number of aliphatic carboxylic acids is 1. The second kappa shape index (κ2) is 8.71. The van der Waals surface area contributed by atoms with Crippen molar-refractivity contribution in [2.75, 3.05) is 25.0 Å². The molecule has 0 radical (unpaired) electrons. The third-order valence-electron chi connectivity index (χ3n) is 4.47. The standard InChI is InChI=1S/C18H27N3O4/c1-4-21(11-17(22)23)14-9-13(10-14)19-18(24)20-16-7-6-15(25-5-2)8-12(16)3/h6-8,13-14H,4-5,9-11H2,1-3H3,(H,22,23)(H2,19,20,24). The van der Waals surface area contributed by atoms with Crippen LogP contribution < -0.4 is 15.4 Å². The van der Waals surface area contributed by atoms with E-state index in [4.69, 9.17) is 9.84 Å². The minimum Gasteiger partial charge on any atom is -0.494 e. The molecule has 0 aliphatic heterocycles. The van der Waals surface area contributed by atoms with E-state index in [1.54, 1.807) is 0 Å². The van der Waals surface area contributed by atoms with E-state index in [-0.39, 0.29) is 24.7 Å². The summed E-state index contributed by atoms with van der Waals surface area (Å²) in [6.07, 6.45) is 1.55. The number of rotatable bonds is 8. The van der Waals surface area contributed by atoms with E-state index in [0.29, 0.717) is 13.2 Å². The molecule has 1 fully saturated rings. The van der Waals surface area contributed by atoms with Gasteiger partial charge >= 0.3 is 12.0 Å². The molecule has 7 nitrogen and oxygen atoms in total. The maximum absolute atomic E-state index is 12.1. The molecule has 0 saturated heterocycles.